The van der Waals surface area contributed by atoms with Crippen LogP contribution in [-0.4, -0.2) is 12.1 Å². The highest BCUT2D eigenvalue weighted by atomic mass is 79.9. The van der Waals surface area contributed by atoms with E-state index in [0.29, 0.717) is 0 Å². The third kappa shape index (κ3) is 1.10. The molecular weight excluding hydrogens is 226 g/mol. The molecule has 0 fully saturated rings. The number of hydrogen-bond donors (Lipinski definition) is 0. The Morgan fingerprint density at radius 2 is 2.45 bits per heavy atom. The van der Waals surface area contributed by atoms with Crippen molar-refractivity contribution in [3.05, 3.63) is 20.9 Å². The number of thioether (sulfide) groups is 1. The quantitative estimate of drug-likeness (QED) is 0.637. The molecule has 1 unspecified atom stereocenters. The van der Waals surface area contributed by atoms with Crippen molar-refractivity contribution in [2.24, 2.45) is 10.9 Å². The van der Waals surface area contributed by atoms with E-state index in [0.717, 1.165) is 9.39 Å². The maximum atomic E-state index is 11.1. The monoisotopic (exact) mass is 229 g/mol. The second kappa shape index (κ2) is 2.60. The van der Waals surface area contributed by atoms with Gasteiger partial charge < -0.3 is 0 Å². The molecule has 1 atom stereocenters. The Labute approximate surface area is 76.6 Å². The number of amides is 1. The van der Waals surface area contributed by atoms with Crippen LogP contribution in [0.1, 0.15) is 0 Å². The largest absolute Gasteiger partial charge is 0.272 e. The summed E-state index contributed by atoms with van der Waals surface area (Å²) in [6.07, 6.45) is 3.44. The number of rotatable bonds is 0. The molecule has 2 aliphatic heterocycles. The highest BCUT2D eigenvalue weighted by molar-refractivity contribution is 9.12. The van der Waals surface area contributed by atoms with E-state index < -0.39 is 0 Å². The van der Waals surface area contributed by atoms with Crippen molar-refractivity contribution in [2.75, 3.05) is 0 Å². The van der Waals surface area contributed by atoms with Gasteiger partial charge in [0, 0.05) is 15.6 Å². The summed E-state index contributed by atoms with van der Waals surface area (Å²) in [5.74, 6) is -0.177. The van der Waals surface area contributed by atoms with Crippen molar-refractivity contribution in [3.8, 4) is 0 Å². The number of carbonyl (C=O) groups is 1. The molecule has 0 saturated heterocycles. The molecule has 1 amide bonds. The average molecular weight is 230 g/mol. The van der Waals surface area contributed by atoms with Crippen LogP contribution >= 0.6 is 27.7 Å². The zero-order chi connectivity index (χ0) is 7.84. The molecule has 0 radical (unpaired) electrons. The van der Waals surface area contributed by atoms with Crippen LogP contribution in [0.4, 0.5) is 0 Å². The second-order valence-corrected chi connectivity index (χ2v) is 4.03. The van der Waals surface area contributed by atoms with E-state index in [-0.39, 0.29) is 11.8 Å². The SMILES string of the molecule is O=C1N=CC(Br)=C2SC=CC12. The number of carbonyl (C=O) groups excluding carboxylic acids is 1. The molecule has 0 spiro atoms. The first kappa shape index (κ1) is 7.31. The van der Waals surface area contributed by atoms with Crippen LogP contribution in [0, 0.1) is 5.92 Å². The van der Waals surface area contributed by atoms with Crippen molar-refractivity contribution in [1.82, 2.24) is 0 Å². The molecule has 56 valence electrons. The van der Waals surface area contributed by atoms with E-state index in [4.69, 9.17) is 0 Å². The van der Waals surface area contributed by atoms with Gasteiger partial charge in [-0.25, -0.2) is 4.99 Å². The molecule has 2 nitrogen and oxygen atoms in total. The van der Waals surface area contributed by atoms with Gasteiger partial charge in [-0.05, 0) is 21.3 Å². The van der Waals surface area contributed by atoms with Gasteiger partial charge in [0.15, 0.2) is 0 Å². The summed E-state index contributed by atoms with van der Waals surface area (Å²) in [6, 6.07) is 0. The van der Waals surface area contributed by atoms with Crippen molar-refractivity contribution < 1.29 is 4.79 Å². The normalized spacial score (nSPS) is 28.1. The van der Waals surface area contributed by atoms with Crippen LogP contribution in [0.15, 0.2) is 25.9 Å². The lowest BCUT2D eigenvalue weighted by Gasteiger charge is -2.10. The number of hydrogen-bond acceptors (Lipinski definition) is 2. The molecule has 11 heavy (non-hydrogen) atoms. The standard InChI is InChI=1S/C7H4BrNOS/c8-5-3-9-7(10)4-1-2-11-6(4)5/h1-4H. The first-order valence-electron chi connectivity index (χ1n) is 3.10. The number of allylic oxidation sites excluding steroid dienone is 1. The highest BCUT2D eigenvalue weighted by Gasteiger charge is 2.28. The summed E-state index contributed by atoms with van der Waals surface area (Å²) in [7, 11) is 0. The first-order chi connectivity index (χ1) is 5.29. The van der Waals surface area contributed by atoms with Gasteiger partial charge in [0.1, 0.15) is 0 Å². The fourth-order valence-electron chi connectivity index (χ4n) is 1.02. The Balaban J connectivity index is 2.46. The summed E-state index contributed by atoms with van der Waals surface area (Å²) in [5.41, 5.74) is 0. The fraction of sp³-hybridized carbons (Fsp3) is 0.143. The smallest absolute Gasteiger partial charge is 0.257 e. The van der Waals surface area contributed by atoms with Crippen molar-refractivity contribution in [2.45, 2.75) is 0 Å². The molecule has 0 aliphatic carbocycles. The van der Waals surface area contributed by atoms with Crippen LogP contribution in [0.25, 0.3) is 0 Å². The van der Waals surface area contributed by atoms with Crippen LogP contribution in [0.3, 0.4) is 0 Å². The third-order valence-corrected chi connectivity index (χ3v) is 3.47. The Morgan fingerprint density at radius 1 is 1.64 bits per heavy atom. The van der Waals surface area contributed by atoms with E-state index in [1.54, 1.807) is 18.0 Å². The summed E-state index contributed by atoms with van der Waals surface area (Å²) >= 11 is 4.92. The molecule has 0 bridgehead atoms. The Hall–Kier alpha value is -0.350. The van der Waals surface area contributed by atoms with Crippen LogP contribution in [-0.2, 0) is 4.79 Å². The minimum absolute atomic E-state index is 0.0653. The highest BCUT2D eigenvalue weighted by Crippen LogP contribution is 2.39. The molecular formula is C7H4BrNOS. The summed E-state index contributed by atoms with van der Waals surface area (Å²) in [6.45, 7) is 0. The van der Waals surface area contributed by atoms with E-state index in [1.165, 1.54) is 0 Å². The van der Waals surface area contributed by atoms with Gasteiger partial charge in [-0.15, -0.1) is 11.8 Å². The maximum absolute atomic E-state index is 11.1. The molecule has 0 N–H and O–H groups in total. The summed E-state index contributed by atoms with van der Waals surface area (Å²) in [4.78, 5) is 15.9. The van der Waals surface area contributed by atoms with E-state index >= 15 is 0 Å². The molecule has 0 aromatic rings. The Morgan fingerprint density at radius 3 is 3.18 bits per heavy atom. The molecule has 0 aromatic heterocycles. The molecule has 2 aliphatic rings. The number of dihydropyridines is 1. The van der Waals surface area contributed by atoms with Gasteiger partial charge in [-0.1, -0.05) is 6.08 Å². The minimum Gasteiger partial charge on any atom is -0.272 e. The molecule has 2 heterocycles. The van der Waals surface area contributed by atoms with Gasteiger partial charge in [-0.2, -0.15) is 0 Å². The van der Waals surface area contributed by atoms with Crippen LogP contribution < -0.4 is 0 Å². The predicted octanol–water partition coefficient (Wildman–Crippen LogP) is 2.08. The number of aliphatic imine (C=N–C) groups is 1. The zero-order valence-electron chi connectivity index (χ0n) is 5.45. The van der Waals surface area contributed by atoms with Crippen molar-refractivity contribution in [3.63, 3.8) is 0 Å². The van der Waals surface area contributed by atoms with E-state index in [2.05, 4.69) is 20.9 Å². The van der Waals surface area contributed by atoms with Gasteiger partial charge in [0.25, 0.3) is 5.91 Å². The lowest BCUT2D eigenvalue weighted by molar-refractivity contribution is -0.119. The Kier molecular flexibility index (Phi) is 1.73. The van der Waals surface area contributed by atoms with E-state index in [9.17, 15) is 4.79 Å². The van der Waals surface area contributed by atoms with Crippen molar-refractivity contribution >= 4 is 39.8 Å². The number of halogens is 1. The summed E-state index contributed by atoms with van der Waals surface area (Å²) < 4.78 is 0.928. The maximum Gasteiger partial charge on any atom is 0.257 e. The summed E-state index contributed by atoms with van der Waals surface area (Å²) in [5, 5.41) is 1.92. The topological polar surface area (TPSA) is 29.4 Å². The van der Waals surface area contributed by atoms with Gasteiger partial charge >= 0.3 is 0 Å². The van der Waals surface area contributed by atoms with Crippen LogP contribution in [0.2, 0.25) is 0 Å². The lowest BCUT2D eigenvalue weighted by atomic mass is 10.1. The number of nitrogens with zero attached hydrogens (tertiary/aromatic N) is 1. The molecule has 0 aromatic carbocycles. The second-order valence-electron chi connectivity index (χ2n) is 2.23. The van der Waals surface area contributed by atoms with E-state index in [1.807, 2.05) is 11.5 Å². The minimum atomic E-state index is -0.112. The zero-order valence-corrected chi connectivity index (χ0v) is 7.85. The molecule has 4 heteroatoms. The van der Waals surface area contributed by atoms with Gasteiger partial charge in [-0.3, -0.25) is 4.79 Å². The number of fused-ring (bicyclic) bond motifs is 1. The average Bonchev–Trinajstić information content (AvgIpc) is 2.45. The van der Waals surface area contributed by atoms with Gasteiger partial charge in [0.05, 0.1) is 5.92 Å². The predicted molar refractivity (Wildman–Crippen MR) is 49.7 cm³/mol. The fourth-order valence-corrected chi connectivity index (χ4v) is 2.52. The molecule has 2 rings (SSSR count). The van der Waals surface area contributed by atoms with Crippen molar-refractivity contribution in [1.29, 1.82) is 0 Å². The van der Waals surface area contributed by atoms with Crippen LogP contribution in [0.5, 0.6) is 0 Å². The van der Waals surface area contributed by atoms with Gasteiger partial charge in [0.2, 0.25) is 0 Å². The lowest BCUT2D eigenvalue weighted by Crippen LogP contribution is -2.13. The first-order valence-corrected chi connectivity index (χ1v) is 4.77. The molecule has 0 saturated carbocycles. The third-order valence-electron chi connectivity index (χ3n) is 1.56. The Bertz CT molecular complexity index is 306.